The summed E-state index contributed by atoms with van der Waals surface area (Å²) in [6.07, 6.45) is 4.16. The van der Waals surface area contributed by atoms with Gasteiger partial charge >= 0.3 is 0 Å². The SMILES string of the molecule is COc1ccc(CNCCN2CCCCC2)cc1. The average Bonchev–Trinajstić information content (AvgIpc) is 2.45. The lowest BCUT2D eigenvalue weighted by atomic mass is 10.1. The van der Waals surface area contributed by atoms with Gasteiger partial charge in [0.25, 0.3) is 0 Å². The van der Waals surface area contributed by atoms with Crippen molar-refractivity contribution < 1.29 is 4.74 Å². The zero-order valence-electron chi connectivity index (χ0n) is 11.3. The minimum Gasteiger partial charge on any atom is -0.497 e. The van der Waals surface area contributed by atoms with Gasteiger partial charge < -0.3 is 15.0 Å². The summed E-state index contributed by atoms with van der Waals surface area (Å²) in [7, 11) is 1.70. The topological polar surface area (TPSA) is 24.5 Å². The fourth-order valence-electron chi connectivity index (χ4n) is 2.40. The van der Waals surface area contributed by atoms with Crippen LogP contribution in [0, 0.1) is 0 Å². The highest BCUT2D eigenvalue weighted by molar-refractivity contribution is 5.26. The van der Waals surface area contributed by atoms with Crippen molar-refractivity contribution in [2.24, 2.45) is 0 Å². The lowest BCUT2D eigenvalue weighted by molar-refractivity contribution is 0.229. The summed E-state index contributed by atoms with van der Waals surface area (Å²) >= 11 is 0. The second-order valence-corrected chi connectivity index (χ2v) is 4.93. The molecule has 1 aromatic carbocycles. The summed E-state index contributed by atoms with van der Waals surface area (Å²) < 4.78 is 5.15. The maximum Gasteiger partial charge on any atom is 0.118 e. The van der Waals surface area contributed by atoms with E-state index in [0.717, 1.165) is 18.8 Å². The van der Waals surface area contributed by atoms with E-state index in [0.29, 0.717) is 0 Å². The number of rotatable bonds is 6. The number of hydrogen-bond donors (Lipinski definition) is 1. The first-order valence-electron chi connectivity index (χ1n) is 6.94. The van der Waals surface area contributed by atoms with Gasteiger partial charge in [-0.05, 0) is 43.6 Å². The molecule has 0 saturated carbocycles. The second-order valence-electron chi connectivity index (χ2n) is 4.93. The predicted molar refractivity (Wildman–Crippen MR) is 75.0 cm³/mol. The summed E-state index contributed by atoms with van der Waals surface area (Å²) in [5.74, 6) is 0.923. The molecular formula is C15H24N2O. The van der Waals surface area contributed by atoms with E-state index in [-0.39, 0.29) is 0 Å². The first-order valence-corrected chi connectivity index (χ1v) is 6.94. The van der Waals surface area contributed by atoms with Crippen molar-refractivity contribution in [2.75, 3.05) is 33.3 Å². The highest BCUT2D eigenvalue weighted by Gasteiger charge is 2.08. The van der Waals surface area contributed by atoms with Crippen molar-refractivity contribution >= 4 is 0 Å². The van der Waals surface area contributed by atoms with Gasteiger partial charge in [-0.2, -0.15) is 0 Å². The molecule has 100 valence electrons. The molecule has 1 aliphatic rings. The van der Waals surface area contributed by atoms with Crippen LogP contribution < -0.4 is 10.1 Å². The van der Waals surface area contributed by atoms with Crippen LogP contribution in [0.4, 0.5) is 0 Å². The zero-order chi connectivity index (χ0) is 12.6. The van der Waals surface area contributed by atoms with Gasteiger partial charge in [-0.3, -0.25) is 0 Å². The van der Waals surface area contributed by atoms with Gasteiger partial charge in [-0.15, -0.1) is 0 Å². The number of nitrogens with zero attached hydrogens (tertiary/aromatic N) is 1. The number of likely N-dealkylation sites (tertiary alicyclic amines) is 1. The molecule has 0 bridgehead atoms. The van der Waals surface area contributed by atoms with Gasteiger partial charge in [0.05, 0.1) is 7.11 Å². The summed E-state index contributed by atoms with van der Waals surface area (Å²) in [6.45, 7) is 5.76. The number of hydrogen-bond acceptors (Lipinski definition) is 3. The molecule has 18 heavy (non-hydrogen) atoms. The Balaban J connectivity index is 1.62. The summed E-state index contributed by atoms with van der Waals surface area (Å²) in [6, 6.07) is 8.27. The predicted octanol–water partition coefficient (Wildman–Crippen LogP) is 2.27. The van der Waals surface area contributed by atoms with E-state index in [1.54, 1.807) is 7.11 Å². The van der Waals surface area contributed by atoms with Crippen molar-refractivity contribution in [3.05, 3.63) is 29.8 Å². The lowest BCUT2D eigenvalue weighted by Crippen LogP contribution is -2.35. The standard InChI is InChI=1S/C15H24N2O/c1-18-15-7-5-14(6-8-15)13-16-9-12-17-10-3-2-4-11-17/h5-8,16H,2-4,9-13H2,1H3. The fourth-order valence-corrected chi connectivity index (χ4v) is 2.40. The van der Waals surface area contributed by atoms with Crippen LogP contribution in [0.3, 0.4) is 0 Å². The normalized spacial score (nSPS) is 16.7. The van der Waals surface area contributed by atoms with Crippen LogP contribution in [0.5, 0.6) is 5.75 Å². The molecule has 0 aliphatic carbocycles. The molecule has 0 aromatic heterocycles. The van der Waals surface area contributed by atoms with Gasteiger partial charge in [0, 0.05) is 19.6 Å². The quantitative estimate of drug-likeness (QED) is 0.782. The summed E-state index contributed by atoms with van der Waals surface area (Å²) in [5.41, 5.74) is 1.31. The Kier molecular flexibility index (Phi) is 5.49. The third-order valence-corrected chi connectivity index (χ3v) is 3.54. The maximum atomic E-state index is 5.15. The molecule has 1 heterocycles. The smallest absolute Gasteiger partial charge is 0.118 e. The Morgan fingerprint density at radius 3 is 2.50 bits per heavy atom. The molecule has 1 aromatic rings. The minimum absolute atomic E-state index is 0.923. The first-order chi connectivity index (χ1) is 8.88. The van der Waals surface area contributed by atoms with E-state index in [4.69, 9.17) is 4.74 Å². The Hall–Kier alpha value is -1.06. The van der Waals surface area contributed by atoms with Crippen LogP contribution in [-0.2, 0) is 6.54 Å². The Morgan fingerprint density at radius 2 is 1.83 bits per heavy atom. The molecule has 0 unspecified atom stereocenters. The molecule has 3 nitrogen and oxygen atoms in total. The third kappa shape index (κ3) is 4.31. The van der Waals surface area contributed by atoms with Crippen molar-refractivity contribution in [3.63, 3.8) is 0 Å². The summed E-state index contributed by atoms with van der Waals surface area (Å²) in [5, 5.41) is 3.50. The molecule has 1 fully saturated rings. The Bertz CT molecular complexity index is 331. The number of benzene rings is 1. The van der Waals surface area contributed by atoms with Crippen LogP contribution in [-0.4, -0.2) is 38.2 Å². The van der Waals surface area contributed by atoms with Gasteiger partial charge in [0.15, 0.2) is 0 Å². The molecule has 1 saturated heterocycles. The van der Waals surface area contributed by atoms with Crippen LogP contribution >= 0.6 is 0 Å². The van der Waals surface area contributed by atoms with E-state index >= 15 is 0 Å². The van der Waals surface area contributed by atoms with Crippen LogP contribution in [0.15, 0.2) is 24.3 Å². The lowest BCUT2D eigenvalue weighted by Gasteiger charge is -2.26. The molecule has 0 amide bonds. The number of methoxy groups -OCH3 is 1. The van der Waals surface area contributed by atoms with Crippen molar-refractivity contribution in [1.29, 1.82) is 0 Å². The van der Waals surface area contributed by atoms with Gasteiger partial charge in [0.1, 0.15) is 5.75 Å². The highest BCUT2D eigenvalue weighted by Crippen LogP contribution is 2.11. The number of nitrogens with one attached hydrogen (secondary N) is 1. The molecule has 0 atom stereocenters. The molecule has 0 spiro atoms. The third-order valence-electron chi connectivity index (χ3n) is 3.54. The van der Waals surface area contributed by atoms with Crippen molar-refractivity contribution in [1.82, 2.24) is 10.2 Å². The number of ether oxygens (including phenoxy) is 1. The Morgan fingerprint density at radius 1 is 1.11 bits per heavy atom. The minimum atomic E-state index is 0.923. The maximum absolute atomic E-state index is 5.15. The molecular weight excluding hydrogens is 224 g/mol. The van der Waals surface area contributed by atoms with Gasteiger partial charge in [0.2, 0.25) is 0 Å². The van der Waals surface area contributed by atoms with E-state index in [1.807, 2.05) is 12.1 Å². The molecule has 1 N–H and O–H groups in total. The van der Waals surface area contributed by atoms with Crippen LogP contribution in [0.1, 0.15) is 24.8 Å². The molecule has 1 aliphatic heterocycles. The van der Waals surface area contributed by atoms with E-state index in [2.05, 4.69) is 22.3 Å². The molecule has 3 heteroatoms. The van der Waals surface area contributed by atoms with Crippen molar-refractivity contribution in [2.45, 2.75) is 25.8 Å². The second kappa shape index (κ2) is 7.39. The highest BCUT2D eigenvalue weighted by atomic mass is 16.5. The zero-order valence-corrected chi connectivity index (χ0v) is 11.3. The van der Waals surface area contributed by atoms with Crippen molar-refractivity contribution in [3.8, 4) is 5.75 Å². The summed E-state index contributed by atoms with van der Waals surface area (Å²) in [4.78, 5) is 2.56. The van der Waals surface area contributed by atoms with E-state index in [9.17, 15) is 0 Å². The van der Waals surface area contributed by atoms with E-state index in [1.165, 1.54) is 44.5 Å². The number of piperidine rings is 1. The fraction of sp³-hybridized carbons (Fsp3) is 0.600. The average molecular weight is 248 g/mol. The molecule has 0 radical (unpaired) electrons. The van der Waals surface area contributed by atoms with Crippen LogP contribution in [0.25, 0.3) is 0 Å². The van der Waals surface area contributed by atoms with Crippen LogP contribution in [0.2, 0.25) is 0 Å². The van der Waals surface area contributed by atoms with Gasteiger partial charge in [-0.1, -0.05) is 18.6 Å². The Labute approximate surface area is 110 Å². The molecule has 2 rings (SSSR count). The largest absolute Gasteiger partial charge is 0.497 e. The monoisotopic (exact) mass is 248 g/mol. The van der Waals surface area contributed by atoms with Gasteiger partial charge in [-0.25, -0.2) is 0 Å². The van der Waals surface area contributed by atoms with E-state index < -0.39 is 0 Å². The first kappa shape index (κ1) is 13.4.